The van der Waals surface area contributed by atoms with E-state index in [1.165, 1.54) is 17.3 Å². The van der Waals surface area contributed by atoms with Crippen molar-refractivity contribution in [2.24, 2.45) is 0 Å². The maximum absolute atomic E-state index is 14.6. The molecule has 1 saturated heterocycles. The molecule has 0 radical (unpaired) electrons. The zero-order valence-corrected chi connectivity index (χ0v) is 23.9. The number of piperazine rings is 1. The lowest BCUT2D eigenvalue weighted by Gasteiger charge is -2.39. The second-order valence-corrected chi connectivity index (χ2v) is 11.9. The summed E-state index contributed by atoms with van der Waals surface area (Å²) in [6.07, 6.45) is 0.833. The molecule has 1 unspecified atom stereocenters. The molecule has 38 heavy (non-hydrogen) atoms. The van der Waals surface area contributed by atoms with E-state index in [0.29, 0.717) is 0 Å². The molecule has 2 aromatic carbocycles. The first-order valence-electron chi connectivity index (χ1n) is 11.2. The fourth-order valence-corrected chi connectivity index (χ4v) is 5.21. The Balaban J connectivity index is 0.000000355. The van der Waals surface area contributed by atoms with Crippen molar-refractivity contribution < 1.29 is 43.8 Å². The molecule has 0 aliphatic carbocycles. The minimum atomic E-state index is -4.16. The highest BCUT2D eigenvalue weighted by molar-refractivity contribution is 7.99. The lowest BCUT2D eigenvalue weighted by Crippen LogP contribution is -2.48. The third kappa shape index (κ3) is 10.7. The lowest BCUT2D eigenvalue weighted by atomic mass is 9.96. The van der Waals surface area contributed by atoms with Gasteiger partial charge >= 0.3 is 20.8 Å². The highest BCUT2D eigenvalue weighted by atomic mass is 35.5. The second kappa shape index (κ2) is 14.9. The lowest BCUT2D eigenvalue weighted by molar-refractivity contribution is 0.0821. The zero-order valence-electron chi connectivity index (χ0n) is 20.7. The molecule has 2 aromatic rings. The van der Waals surface area contributed by atoms with Gasteiger partial charge in [0.2, 0.25) is 0 Å². The monoisotopic (exact) mass is 616 g/mol. The van der Waals surface area contributed by atoms with Crippen LogP contribution in [0, 0.1) is 5.82 Å². The maximum atomic E-state index is 14.6. The van der Waals surface area contributed by atoms with Crippen LogP contribution in [0.2, 0.25) is 5.02 Å². The minimum absolute atomic E-state index is 0.143. The molecule has 16 heteroatoms. The maximum Gasteiger partial charge on any atom is 0.397 e. The fraction of sp³-hybridized carbons (Fsp3) is 0.455. The van der Waals surface area contributed by atoms with Crippen molar-refractivity contribution in [3.05, 3.63) is 58.4 Å². The van der Waals surface area contributed by atoms with Gasteiger partial charge in [0.15, 0.2) is 0 Å². The van der Waals surface area contributed by atoms with E-state index in [4.69, 9.17) is 25.8 Å². The largest absolute Gasteiger partial charge is 0.397 e. The number of aliphatic hydroxyl groups excluding tert-OH is 1. The van der Waals surface area contributed by atoms with Crippen LogP contribution in [0.5, 0.6) is 0 Å². The summed E-state index contributed by atoms with van der Waals surface area (Å²) in [6, 6.07) is 11.5. The molecule has 2 aliphatic rings. The van der Waals surface area contributed by atoms with E-state index in [9.17, 15) is 21.2 Å². The molecule has 11 nitrogen and oxygen atoms in total. The predicted molar refractivity (Wildman–Crippen MR) is 141 cm³/mol. The summed E-state index contributed by atoms with van der Waals surface area (Å²) in [5.41, 5.74) is 2.25. The van der Waals surface area contributed by atoms with Crippen molar-refractivity contribution in [2.45, 2.75) is 22.3 Å². The van der Waals surface area contributed by atoms with Gasteiger partial charge in [0.1, 0.15) is 5.82 Å². The third-order valence-electron chi connectivity index (χ3n) is 5.69. The van der Waals surface area contributed by atoms with E-state index < -0.39 is 20.8 Å². The van der Waals surface area contributed by atoms with Gasteiger partial charge in [-0.1, -0.05) is 35.5 Å². The Morgan fingerprint density at radius 2 is 1.61 bits per heavy atom. The van der Waals surface area contributed by atoms with Crippen LogP contribution in [0.25, 0.3) is 0 Å². The fourth-order valence-electron chi connectivity index (χ4n) is 3.90. The first-order valence-corrected chi connectivity index (χ1v) is 15.1. The Bertz CT molecular complexity index is 1240. The molecule has 1 atom stereocenters. The predicted octanol–water partition coefficient (Wildman–Crippen LogP) is 2.71. The summed E-state index contributed by atoms with van der Waals surface area (Å²) in [5.74, 6) is -0.154. The smallest absolute Gasteiger partial charge is 0.395 e. The van der Waals surface area contributed by atoms with E-state index in [1.807, 2.05) is 24.3 Å². The van der Waals surface area contributed by atoms with Gasteiger partial charge < -0.3 is 5.11 Å². The minimum Gasteiger partial charge on any atom is -0.395 e. The van der Waals surface area contributed by atoms with Gasteiger partial charge in [-0.3, -0.25) is 27.3 Å². The van der Waals surface area contributed by atoms with Crippen molar-refractivity contribution in [3.8, 4) is 0 Å². The average Bonchev–Trinajstić information content (AvgIpc) is 3.02. The quantitative estimate of drug-likeness (QED) is 0.423. The zero-order chi connectivity index (χ0) is 28.5. The number of hydrogen-bond acceptors (Lipinski definition) is 10. The molecule has 0 bridgehead atoms. The third-order valence-corrected chi connectivity index (χ3v) is 8.02. The van der Waals surface area contributed by atoms with E-state index in [1.54, 1.807) is 6.07 Å². The number of β-amino-alcohol motifs (C(OH)–C–C–N with tert-alkyl or cyclic N) is 1. The highest BCUT2D eigenvalue weighted by Crippen LogP contribution is 2.44. The van der Waals surface area contributed by atoms with Crippen molar-refractivity contribution >= 4 is 44.2 Å². The van der Waals surface area contributed by atoms with Gasteiger partial charge in [-0.2, -0.15) is 16.8 Å². The van der Waals surface area contributed by atoms with E-state index in [-0.39, 0.29) is 18.5 Å². The summed E-state index contributed by atoms with van der Waals surface area (Å²) >= 11 is 7.74. The molecule has 3 N–H and O–H groups in total. The molecule has 0 amide bonds. The Hall–Kier alpha value is -1.37. The van der Waals surface area contributed by atoms with Crippen LogP contribution in [-0.2, 0) is 35.6 Å². The van der Waals surface area contributed by atoms with Gasteiger partial charge in [0, 0.05) is 48.7 Å². The first-order chi connectivity index (χ1) is 17.8. The molecule has 0 aromatic heterocycles. The van der Waals surface area contributed by atoms with Crippen LogP contribution >= 0.6 is 23.4 Å². The van der Waals surface area contributed by atoms with Gasteiger partial charge in [-0.15, -0.1) is 0 Å². The van der Waals surface area contributed by atoms with Crippen LogP contribution in [0.15, 0.2) is 46.2 Å². The van der Waals surface area contributed by atoms with Crippen molar-refractivity contribution in [3.63, 3.8) is 0 Å². The number of nitrogens with zero attached hydrogens (tertiary/aromatic N) is 2. The Kier molecular flexibility index (Phi) is 12.8. The van der Waals surface area contributed by atoms with Crippen molar-refractivity contribution in [2.75, 3.05) is 53.6 Å². The van der Waals surface area contributed by atoms with Gasteiger partial charge in [0.25, 0.3) is 0 Å². The Morgan fingerprint density at radius 3 is 2.13 bits per heavy atom. The standard InChI is InChI=1S/C20H22ClFN2OS.2CH4O4S/c21-15-4-5-19-14(12-15)13-18(16-2-1-3-17(22)20(16)26-19)24-8-6-23(7-9-24)10-11-25;2*1-5-6(2,3)4/h1-5,12,18,25H,6-11,13H2;2*1H3,(H,2,3,4). The van der Waals surface area contributed by atoms with E-state index in [0.717, 1.165) is 73.7 Å². The number of aliphatic hydroxyl groups is 1. The molecular weight excluding hydrogens is 587 g/mol. The van der Waals surface area contributed by atoms with Gasteiger partial charge in [-0.25, -0.2) is 4.39 Å². The summed E-state index contributed by atoms with van der Waals surface area (Å²) in [4.78, 5) is 6.54. The highest BCUT2D eigenvalue weighted by Gasteiger charge is 2.31. The number of hydrogen-bond donors (Lipinski definition) is 3. The van der Waals surface area contributed by atoms with Crippen LogP contribution in [0.3, 0.4) is 0 Å². The first kappa shape index (κ1) is 32.8. The van der Waals surface area contributed by atoms with Crippen LogP contribution in [0.4, 0.5) is 4.39 Å². The molecule has 214 valence electrons. The van der Waals surface area contributed by atoms with Gasteiger partial charge in [0.05, 0.1) is 25.7 Å². The van der Waals surface area contributed by atoms with Gasteiger partial charge in [-0.05, 0) is 41.8 Å². The SMILES string of the molecule is COS(=O)(=O)O.COS(=O)(=O)O.OCCN1CCN(C2Cc3cc(Cl)ccc3Sc3c(F)cccc32)CC1. The van der Waals surface area contributed by atoms with E-state index in [2.05, 4.69) is 24.2 Å². The summed E-state index contributed by atoms with van der Waals surface area (Å²) in [5, 5.41) is 9.88. The molecule has 0 spiro atoms. The number of rotatable bonds is 5. The van der Waals surface area contributed by atoms with Crippen molar-refractivity contribution in [1.82, 2.24) is 9.80 Å². The average molecular weight is 617 g/mol. The number of benzene rings is 2. The number of fused-ring (bicyclic) bond motifs is 2. The number of halogens is 2. The molecular formula is C22H30ClFN2O9S3. The topological polar surface area (TPSA) is 154 Å². The van der Waals surface area contributed by atoms with Crippen LogP contribution in [-0.4, -0.2) is 94.4 Å². The molecule has 2 aliphatic heterocycles. The molecule has 1 fully saturated rings. The Morgan fingerprint density at radius 1 is 1.03 bits per heavy atom. The Labute approximate surface area is 231 Å². The van der Waals surface area contributed by atoms with Crippen molar-refractivity contribution in [1.29, 1.82) is 0 Å². The van der Waals surface area contributed by atoms with E-state index >= 15 is 0 Å². The molecule has 0 saturated carbocycles. The molecule has 2 heterocycles. The summed E-state index contributed by atoms with van der Waals surface area (Å²) < 4.78 is 74.0. The summed E-state index contributed by atoms with van der Waals surface area (Å²) in [7, 11) is -6.58. The van der Waals surface area contributed by atoms with Crippen LogP contribution in [0.1, 0.15) is 17.2 Å². The van der Waals surface area contributed by atoms with Crippen LogP contribution < -0.4 is 0 Å². The summed E-state index contributed by atoms with van der Waals surface area (Å²) in [6.45, 7) is 4.61. The second-order valence-electron chi connectivity index (χ2n) is 8.02. The molecule has 4 rings (SSSR count). The normalized spacial score (nSPS) is 18.1.